The number of carbonyl (C=O) groups excluding carboxylic acids is 1. The number of methoxy groups -OCH3 is 1. The summed E-state index contributed by atoms with van der Waals surface area (Å²) in [5, 5.41) is 0. The first-order valence-electron chi connectivity index (χ1n) is 7.87. The van der Waals surface area contributed by atoms with Crippen LogP contribution in [0.1, 0.15) is 50.9 Å². The fraction of sp³-hybridized carbons (Fsp3) is 0.611. The number of benzene rings is 1. The Morgan fingerprint density at radius 1 is 1.10 bits per heavy atom. The fourth-order valence-corrected chi connectivity index (χ4v) is 2.15. The van der Waals surface area contributed by atoms with Gasteiger partial charge in [-0.1, -0.05) is 33.8 Å². The first kappa shape index (κ1) is 17.5. The number of hydrogen-bond donors (Lipinski definition) is 0. The van der Waals surface area contributed by atoms with E-state index in [4.69, 9.17) is 4.74 Å². The molecule has 118 valence electrons. The highest BCUT2D eigenvalue weighted by Crippen LogP contribution is 2.19. The molecule has 0 N–H and O–H groups in total. The van der Waals surface area contributed by atoms with Crippen LogP contribution in [0.2, 0.25) is 0 Å². The zero-order valence-corrected chi connectivity index (χ0v) is 14.1. The largest absolute Gasteiger partial charge is 0.465 e. The normalized spacial score (nSPS) is 11.0. The Kier molecular flexibility index (Phi) is 7.27. The zero-order chi connectivity index (χ0) is 15.8. The molecule has 0 aliphatic carbocycles. The molecule has 0 atom stereocenters. The third kappa shape index (κ3) is 6.19. The van der Waals surface area contributed by atoms with E-state index >= 15 is 0 Å². The van der Waals surface area contributed by atoms with Crippen molar-refractivity contribution in [3.8, 4) is 0 Å². The van der Waals surface area contributed by atoms with E-state index in [-0.39, 0.29) is 5.97 Å². The van der Waals surface area contributed by atoms with Crippen LogP contribution >= 0.6 is 0 Å². The molecule has 0 unspecified atom stereocenters. The van der Waals surface area contributed by atoms with Crippen LogP contribution in [0.3, 0.4) is 0 Å². The van der Waals surface area contributed by atoms with Crippen molar-refractivity contribution in [1.82, 2.24) is 0 Å². The van der Waals surface area contributed by atoms with Crippen LogP contribution in [0, 0.1) is 11.8 Å². The van der Waals surface area contributed by atoms with E-state index in [0.29, 0.717) is 17.4 Å². The Labute approximate surface area is 129 Å². The summed E-state index contributed by atoms with van der Waals surface area (Å²) >= 11 is 0. The lowest BCUT2D eigenvalue weighted by atomic mass is 10.1. The number of carbonyl (C=O) groups is 1. The van der Waals surface area contributed by atoms with Gasteiger partial charge in [-0.15, -0.1) is 0 Å². The van der Waals surface area contributed by atoms with Gasteiger partial charge in [-0.25, -0.2) is 4.79 Å². The molecule has 0 saturated carbocycles. The molecule has 1 rings (SSSR count). The average molecular weight is 291 g/mol. The summed E-state index contributed by atoms with van der Waals surface area (Å²) in [6, 6.07) is 7.75. The second-order valence-electron chi connectivity index (χ2n) is 6.39. The standard InChI is InChI=1S/C18H29NO2/c1-14(2)9-11-19(12-10-15(3)4)17-8-6-7-16(13-17)18(20)21-5/h6-8,13-15H,9-12H2,1-5H3. The first-order valence-corrected chi connectivity index (χ1v) is 7.87. The molecule has 0 radical (unpaired) electrons. The maximum absolute atomic E-state index is 11.7. The number of ether oxygens (including phenoxy) is 1. The van der Waals surface area contributed by atoms with Crippen molar-refractivity contribution in [1.29, 1.82) is 0 Å². The molecular weight excluding hydrogens is 262 g/mol. The zero-order valence-electron chi connectivity index (χ0n) is 14.1. The van der Waals surface area contributed by atoms with Gasteiger partial charge in [0.05, 0.1) is 12.7 Å². The second kappa shape index (κ2) is 8.71. The quantitative estimate of drug-likeness (QED) is 0.666. The van der Waals surface area contributed by atoms with Crippen molar-refractivity contribution >= 4 is 11.7 Å². The predicted molar refractivity (Wildman–Crippen MR) is 88.9 cm³/mol. The van der Waals surface area contributed by atoms with Crippen LogP contribution < -0.4 is 4.90 Å². The Morgan fingerprint density at radius 2 is 1.67 bits per heavy atom. The molecule has 1 aromatic rings. The fourth-order valence-electron chi connectivity index (χ4n) is 2.15. The van der Waals surface area contributed by atoms with Gasteiger partial charge in [0.25, 0.3) is 0 Å². The third-order valence-electron chi connectivity index (χ3n) is 3.59. The van der Waals surface area contributed by atoms with Crippen LogP contribution in [-0.2, 0) is 4.74 Å². The molecule has 0 aromatic heterocycles. The van der Waals surface area contributed by atoms with E-state index in [2.05, 4.69) is 38.7 Å². The molecule has 0 heterocycles. The van der Waals surface area contributed by atoms with Crippen molar-refractivity contribution < 1.29 is 9.53 Å². The Bertz CT molecular complexity index is 429. The van der Waals surface area contributed by atoms with E-state index in [0.717, 1.165) is 31.6 Å². The SMILES string of the molecule is COC(=O)c1cccc(N(CCC(C)C)CCC(C)C)c1. The monoisotopic (exact) mass is 291 g/mol. The van der Waals surface area contributed by atoms with Crippen LogP contribution in [0.15, 0.2) is 24.3 Å². The van der Waals surface area contributed by atoms with Crippen LogP contribution in [0.25, 0.3) is 0 Å². The van der Waals surface area contributed by atoms with Crippen molar-refractivity contribution in [2.75, 3.05) is 25.1 Å². The summed E-state index contributed by atoms with van der Waals surface area (Å²) in [5.41, 5.74) is 1.73. The van der Waals surface area contributed by atoms with Gasteiger partial charge in [0.15, 0.2) is 0 Å². The van der Waals surface area contributed by atoms with Crippen molar-refractivity contribution in [3.63, 3.8) is 0 Å². The van der Waals surface area contributed by atoms with Gasteiger partial charge in [-0.2, -0.15) is 0 Å². The second-order valence-corrected chi connectivity index (χ2v) is 6.39. The molecule has 0 amide bonds. The van der Waals surface area contributed by atoms with Crippen molar-refractivity contribution in [2.45, 2.75) is 40.5 Å². The minimum Gasteiger partial charge on any atom is -0.465 e. The van der Waals surface area contributed by atoms with Gasteiger partial charge < -0.3 is 9.64 Å². The van der Waals surface area contributed by atoms with Crippen LogP contribution in [-0.4, -0.2) is 26.2 Å². The minimum atomic E-state index is -0.274. The lowest BCUT2D eigenvalue weighted by Crippen LogP contribution is -2.27. The third-order valence-corrected chi connectivity index (χ3v) is 3.59. The molecule has 0 aliphatic heterocycles. The van der Waals surface area contributed by atoms with E-state index in [1.165, 1.54) is 7.11 Å². The summed E-state index contributed by atoms with van der Waals surface area (Å²) in [6.07, 6.45) is 2.31. The predicted octanol–water partition coefficient (Wildman–Crippen LogP) is 4.37. The van der Waals surface area contributed by atoms with Crippen LogP contribution in [0.5, 0.6) is 0 Å². The molecule has 3 heteroatoms. The van der Waals surface area contributed by atoms with E-state index in [9.17, 15) is 4.79 Å². The number of anilines is 1. The highest BCUT2D eigenvalue weighted by atomic mass is 16.5. The summed E-state index contributed by atoms with van der Waals surface area (Å²) < 4.78 is 4.81. The number of esters is 1. The molecule has 0 bridgehead atoms. The minimum absolute atomic E-state index is 0.274. The molecule has 21 heavy (non-hydrogen) atoms. The molecule has 1 aromatic carbocycles. The molecular formula is C18H29NO2. The molecule has 3 nitrogen and oxygen atoms in total. The molecule has 0 saturated heterocycles. The number of nitrogens with zero attached hydrogens (tertiary/aromatic N) is 1. The molecule has 0 aliphatic rings. The Morgan fingerprint density at radius 3 is 2.14 bits per heavy atom. The van der Waals surface area contributed by atoms with E-state index in [1.54, 1.807) is 6.07 Å². The van der Waals surface area contributed by atoms with Gasteiger partial charge in [0.2, 0.25) is 0 Å². The topological polar surface area (TPSA) is 29.5 Å². The Hall–Kier alpha value is -1.51. The molecule has 0 fully saturated rings. The molecule has 0 spiro atoms. The van der Waals surface area contributed by atoms with Crippen LogP contribution in [0.4, 0.5) is 5.69 Å². The summed E-state index contributed by atoms with van der Waals surface area (Å²) in [4.78, 5) is 14.1. The lowest BCUT2D eigenvalue weighted by molar-refractivity contribution is 0.0601. The van der Waals surface area contributed by atoms with E-state index in [1.807, 2.05) is 12.1 Å². The highest BCUT2D eigenvalue weighted by Gasteiger charge is 2.12. The highest BCUT2D eigenvalue weighted by molar-refractivity contribution is 5.90. The smallest absolute Gasteiger partial charge is 0.337 e. The lowest BCUT2D eigenvalue weighted by Gasteiger charge is -2.27. The first-order chi connectivity index (χ1) is 9.93. The van der Waals surface area contributed by atoms with Gasteiger partial charge in [-0.3, -0.25) is 0 Å². The van der Waals surface area contributed by atoms with Gasteiger partial charge in [-0.05, 0) is 42.9 Å². The summed E-state index contributed by atoms with van der Waals surface area (Å²) in [7, 11) is 1.42. The van der Waals surface area contributed by atoms with Gasteiger partial charge in [0.1, 0.15) is 0 Å². The van der Waals surface area contributed by atoms with Crippen molar-refractivity contribution in [3.05, 3.63) is 29.8 Å². The number of hydrogen-bond acceptors (Lipinski definition) is 3. The number of rotatable bonds is 8. The maximum Gasteiger partial charge on any atom is 0.337 e. The van der Waals surface area contributed by atoms with Gasteiger partial charge >= 0.3 is 5.97 Å². The van der Waals surface area contributed by atoms with Gasteiger partial charge in [0, 0.05) is 18.8 Å². The van der Waals surface area contributed by atoms with Crippen molar-refractivity contribution in [2.24, 2.45) is 11.8 Å². The summed E-state index contributed by atoms with van der Waals surface area (Å²) in [5.74, 6) is 1.08. The Balaban J connectivity index is 2.87. The maximum atomic E-state index is 11.7. The summed E-state index contributed by atoms with van der Waals surface area (Å²) in [6.45, 7) is 11.0. The van der Waals surface area contributed by atoms with E-state index < -0.39 is 0 Å². The average Bonchev–Trinajstić information content (AvgIpc) is 2.46.